The molecule has 0 bridgehead atoms. The number of carbonyl (C=O) groups excluding carboxylic acids is 1. The van der Waals surface area contributed by atoms with Crippen molar-refractivity contribution in [3.63, 3.8) is 0 Å². The molecule has 1 saturated carbocycles. The molecule has 0 spiro atoms. The molecule has 0 N–H and O–H groups in total. The predicted octanol–water partition coefficient (Wildman–Crippen LogP) is 1.12. The van der Waals surface area contributed by atoms with Gasteiger partial charge in [-0.05, 0) is 31.4 Å². The molecule has 3 rings (SSSR count). The van der Waals surface area contributed by atoms with Crippen LogP contribution in [0.1, 0.15) is 24.8 Å². The van der Waals surface area contributed by atoms with E-state index in [0.29, 0.717) is 23.5 Å². The van der Waals surface area contributed by atoms with E-state index in [1.54, 1.807) is 23.1 Å². The van der Waals surface area contributed by atoms with Crippen LogP contribution < -0.4 is 9.47 Å². The van der Waals surface area contributed by atoms with Crippen molar-refractivity contribution in [3.05, 3.63) is 23.8 Å². The van der Waals surface area contributed by atoms with Crippen molar-refractivity contribution >= 4 is 15.7 Å². The van der Waals surface area contributed by atoms with Crippen LogP contribution in [0, 0.1) is 11.3 Å². The van der Waals surface area contributed by atoms with Gasteiger partial charge in [-0.25, -0.2) is 8.42 Å². The molecule has 1 saturated heterocycles. The summed E-state index contributed by atoms with van der Waals surface area (Å²) in [5.41, 5.74) is 0.436. The molecule has 134 valence electrons. The maximum atomic E-state index is 12.6. The third kappa shape index (κ3) is 4.04. The highest BCUT2D eigenvalue weighted by molar-refractivity contribution is 7.91. The van der Waals surface area contributed by atoms with Gasteiger partial charge in [0.25, 0.3) is 5.91 Å². The minimum atomic E-state index is -3.05. The molecule has 1 aromatic carbocycles. The van der Waals surface area contributed by atoms with Crippen LogP contribution in [0.15, 0.2) is 18.2 Å². The molecule has 2 fully saturated rings. The van der Waals surface area contributed by atoms with E-state index in [-0.39, 0.29) is 36.1 Å². The van der Waals surface area contributed by atoms with Gasteiger partial charge in [0.2, 0.25) is 0 Å². The molecule has 0 radical (unpaired) electrons. The Morgan fingerprint density at radius 1 is 1.28 bits per heavy atom. The fourth-order valence-corrected chi connectivity index (χ4v) is 4.83. The molecule has 1 amide bonds. The van der Waals surface area contributed by atoms with E-state index in [4.69, 9.17) is 14.7 Å². The molecule has 1 atom stereocenters. The zero-order chi connectivity index (χ0) is 18.0. The predicted molar refractivity (Wildman–Crippen MR) is 90.1 cm³/mol. The molecular weight excluding hydrogens is 344 g/mol. The van der Waals surface area contributed by atoms with E-state index in [1.807, 2.05) is 6.07 Å². The summed E-state index contributed by atoms with van der Waals surface area (Å²) in [5.74, 6) is 0.724. The summed E-state index contributed by atoms with van der Waals surface area (Å²) in [6.45, 7) is -0.185. The number of sulfone groups is 1. The van der Waals surface area contributed by atoms with Crippen molar-refractivity contribution in [1.82, 2.24) is 4.90 Å². The van der Waals surface area contributed by atoms with Crippen molar-refractivity contribution in [2.24, 2.45) is 0 Å². The number of hydrogen-bond donors (Lipinski definition) is 0. The van der Waals surface area contributed by atoms with Crippen molar-refractivity contribution in [3.8, 4) is 17.6 Å². The molecule has 2 aliphatic rings. The van der Waals surface area contributed by atoms with Crippen LogP contribution in [0.5, 0.6) is 11.5 Å². The lowest BCUT2D eigenvalue weighted by Gasteiger charge is -2.28. The number of amides is 1. The summed E-state index contributed by atoms with van der Waals surface area (Å²) < 4.78 is 34.2. The van der Waals surface area contributed by atoms with Gasteiger partial charge < -0.3 is 14.4 Å². The first-order valence-electron chi connectivity index (χ1n) is 8.16. The highest BCUT2D eigenvalue weighted by Crippen LogP contribution is 2.33. The van der Waals surface area contributed by atoms with E-state index in [2.05, 4.69) is 0 Å². The quantitative estimate of drug-likeness (QED) is 0.750. The minimum absolute atomic E-state index is 0.0371. The molecule has 7 nitrogen and oxygen atoms in total. The van der Waals surface area contributed by atoms with Crippen LogP contribution >= 0.6 is 0 Å². The van der Waals surface area contributed by atoms with E-state index in [1.165, 1.54) is 7.11 Å². The third-order valence-electron chi connectivity index (χ3n) is 4.47. The van der Waals surface area contributed by atoms with E-state index < -0.39 is 9.84 Å². The summed E-state index contributed by atoms with van der Waals surface area (Å²) in [6, 6.07) is 6.60. The summed E-state index contributed by atoms with van der Waals surface area (Å²) in [4.78, 5) is 14.3. The number of nitrogens with zero attached hydrogens (tertiary/aromatic N) is 2. The number of ether oxygens (including phenoxy) is 2. The van der Waals surface area contributed by atoms with Crippen molar-refractivity contribution < 1.29 is 22.7 Å². The Labute approximate surface area is 147 Å². The fourth-order valence-electron chi connectivity index (χ4n) is 3.12. The second-order valence-corrected chi connectivity index (χ2v) is 8.58. The van der Waals surface area contributed by atoms with Crippen LogP contribution in [0.3, 0.4) is 0 Å². The monoisotopic (exact) mass is 364 g/mol. The molecule has 1 heterocycles. The van der Waals surface area contributed by atoms with Crippen molar-refractivity contribution in [2.75, 3.05) is 25.2 Å². The second kappa shape index (κ2) is 6.92. The lowest BCUT2D eigenvalue weighted by atomic mass is 10.2. The fraction of sp³-hybridized carbons (Fsp3) is 0.529. The van der Waals surface area contributed by atoms with Crippen LogP contribution in [-0.4, -0.2) is 56.5 Å². The smallest absolute Gasteiger partial charge is 0.261 e. The number of rotatable bonds is 6. The van der Waals surface area contributed by atoms with Crippen LogP contribution in [0.2, 0.25) is 0 Å². The summed E-state index contributed by atoms with van der Waals surface area (Å²) in [6.07, 6.45) is 2.30. The topological polar surface area (TPSA) is 96.7 Å². The first-order chi connectivity index (χ1) is 11.9. The minimum Gasteiger partial charge on any atom is -0.493 e. The largest absolute Gasteiger partial charge is 0.493 e. The number of methoxy groups -OCH3 is 1. The summed E-state index contributed by atoms with van der Waals surface area (Å²) in [5, 5.41) is 8.91. The lowest BCUT2D eigenvalue weighted by molar-refractivity contribution is -0.135. The molecule has 8 heteroatoms. The maximum Gasteiger partial charge on any atom is 0.261 e. The third-order valence-corrected chi connectivity index (χ3v) is 6.22. The van der Waals surface area contributed by atoms with Gasteiger partial charge in [0.15, 0.2) is 27.9 Å². The van der Waals surface area contributed by atoms with E-state index in [0.717, 1.165) is 12.8 Å². The molecular formula is C17H20N2O5S. The van der Waals surface area contributed by atoms with Gasteiger partial charge in [-0.1, -0.05) is 0 Å². The molecule has 25 heavy (non-hydrogen) atoms. The molecule has 1 aromatic rings. The molecule has 1 aliphatic carbocycles. The zero-order valence-electron chi connectivity index (χ0n) is 14.0. The Morgan fingerprint density at radius 3 is 2.60 bits per heavy atom. The van der Waals surface area contributed by atoms with Gasteiger partial charge in [-0.15, -0.1) is 0 Å². The Bertz CT molecular complexity index is 811. The average molecular weight is 364 g/mol. The van der Waals surface area contributed by atoms with Gasteiger partial charge in [0, 0.05) is 18.2 Å². The van der Waals surface area contributed by atoms with Gasteiger partial charge in [-0.2, -0.15) is 5.26 Å². The Morgan fingerprint density at radius 2 is 2.04 bits per heavy atom. The van der Waals surface area contributed by atoms with Crippen LogP contribution in [-0.2, 0) is 14.6 Å². The number of nitriles is 1. The van der Waals surface area contributed by atoms with E-state index in [9.17, 15) is 13.2 Å². The van der Waals surface area contributed by atoms with Crippen LogP contribution in [0.25, 0.3) is 0 Å². The highest BCUT2D eigenvalue weighted by Gasteiger charge is 2.42. The molecule has 0 unspecified atom stereocenters. The van der Waals surface area contributed by atoms with Crippen molar-refractivity contribution in [2.45, 2.75) is 31.3 Å². The Hall–Kier alpha value is -2.27. The van der Waals surface area contributed by atoms with Gasteiger partial charge in [-0.3, -0.25) is 4.79 Å². The number of hydrogen-bond acceptors (Lipinski definition) is 6. The van der Waals surface area contributed by atoms with Gasteiger partial charge >= 0.3 is 0 Å². The SMILES string of the molecule is COc1cc(C#N)ccc1OCC(=O)N(C1CC1)[C@@H]1CCS(=O)(=O)C1. The highest BCUT2D eigenvalue weighted by atomic mass is 32.2. The number of carbonyl (C=O) groups is 1. The normalized spacial score (nSPS) is 21.4. The maximum absolute atomic E-state index is 12.6. The first kappa shape index (κ1) is 17.5. The Balaban J connectivity index is 1.68. The van der Waals surface area contributed by atoms with Crippen molar-refractivity contribution in [1.29, 1.82) is 5.26 Å². The lowest BCUT2D eigenvalue weighted by Crippen LogP contribution is -2.45. The average Bonchev–Trinajstić information content (AvgIpc) is 3.36. The standard InChI is InChI=1S/C17H20N2O5S/c1-23-16-8-12(9-18)2-5-15(16)24-10-17(20)19(13-3-4-13)14-6-7-25(21,22)11-14/h2,5,8,13-14H,3-4,6-7,10-11H2,1H3/t14-/m1/s1. The van der Waals surface area contributed by atoms with E-state index >= 15 is 0 Å². The second-order valence-electron chi connectivity index (χ2n) is 6.36. The summed E-state index contributed by atoms with van der Waals surface area (Å²) in [7, 11) is -1.59. The molecule has 0 aromatic heterocycles. The van der Waals surface area contributed by atoms with Crippen LogP contribution in [0.4, 0.5) is 0 Å². The zero-order valence-corrected chi connectivity index (χ0v) is 14.8. The summed E-state index contributed by atoms with van der Waals surface area (Å²) >= 11 is 0. The Kier molecular flexibility index (Phi) is 4.86. The van der Waals surface area contributed by atoms with Gasteiger partial charge in [0.1, 0.15) is 0 Å². The molecule has 1 aliphatic heterocycles. The number of benzene rings is 1. The first-order valence-corrected chi connectivity index (χ1v) is 9.98. The van der Waals surface area contributed by atoms with Gasteiger partial charge in [0.05, 0.1) is 30.2 Å².